The van der Waals surface area contributed by atoms with Crippen LogP contribution in [-0.2, 0) is 6.42 Å². The van der Waals surface area contributed by atoms with E-state index in [0.29, 0.717) is 12.1 Å². The molecule has 114 valence electrons. The molecule has 0 bridgehead atoms. The van der Waals surface area contributed by atoms with Crippen LogP contribution in [0.15, 0.2) is 0 Å². The fraction of sp³-hybridized carbons (Fsp3) is 0.824. The zero-order valence-electron chi connectivity index (χ0n) is 13.9. The molecule has 3 unspecified atom stereocenters. The molecule has 1 saturated carbocycles. The molecule has 1 aromatic rings. The van der Waals surface area contributed by atoms with Gasteiger partial charge in [0.15, 0.2) is 0 Å². The number of nitrogens with zero attached hydrogens (tertiary/aromatic N) is 2. The fourth-order valence-corrected chi connectivity index (χ4v) is 3.72. The lowest BCUT2D eigenvalue weighted by atomic mass is 9.83. The summed E-state index contributed by atoms with van der Waals surface area (Å²) in [6.45, 7) is 12.4. The van der Waals surface area contributed by atoms with Gasteiger partial charge in [-0.05, 0) is 64.0 Å². The molecule has 3 atom stereocenters. The molecule has 0 amide bonds. The van der Waals surface area contributed by atoms with Crippen LogP contribution in [0.5, 0.6) is 0 Å². The lowest BCUT2D eigenvalue weighted by Crippen LogP contribution is -2.42. The quantitative estimate of drug-likeness (QED) is 0.887. The highest BCUT2D eigenvalue weighted by atomic mass is 15.3. The maximum absolute atomic E-state index is 4.87. The Morgan fingerprint density at radius 3 is 2.60 bits per heavy atom. The third-order valence-electron chi connectivity index (χ3n) is 4.88. The summed E-state index contributed by atoms with van der Waals surface area (Å²) in [6.07, 6.45) is 6.18. The van der Waals surface area contributed by atoms with Crippen LogP contribution in [0.2, 0.25) is 0 Å². The van der Waals surface area contributed by atoms with Gasteiger partial charge in [0.05, 0.1) is 11.7 Å². The fourth-order valence-electron chi connectivity index (χ4n) is 3.72. The van der Waals surface area contributed by atoms with Gasteiger partial charge in [0.25, 0.3) is 0 Å². The van der Waals surface area contributed by atoms with Gasteiger partial charge in [0.1, 0.15) is 0 Å². The van der Waals surface area contributed by atoms with E-state index >= 15 is 0 Å². The average molecular weight is 277 g/mol. The Morgan fingerprint density at radius 1 is 1.25 bits per heavy atom. The Morgan fingerprint density at radius 2 is 2.00 bits per heavy atom. The van der Waals surface area contributed by atoms with Crippen molar-refractivity contribution < 1.29 is 0 Å². The van der Waals surface area contributed by atoms with Crippen LogP contribution in [0.1, 0.15) is 69.4 Å². The van der Waals surface area contributed by atoms with Crippen LogP contribution in [0, 0.1) is 19.8 Å². The predicted molar refractivity (Wildman–Crippen MR) is 85.2 cm³/mol. The molecule has 1 aliphatic carbocycles. The Balaban J connectivity index is 2.25. The Hall–Kier alpha value is -0.830. The van der Waals surface area contributed by atoms with E-state index in [-0.39, 0.29) is 0 Å². The van der Waals surface area contributed by atoms with Crippen molar-refractivity contribution >= 4 is 0 Å². The number of hydrogen-bond acceptors (Lipinski definition) is 2. The first kappa shape index (κ1) is 15.6. The molecule has 3 heteroatoms. The van der Waals surface area contributed by atoms with E-state index < -0.39 is 0 Å². The van der Waals surface area contributed by atoms with Gasteiger partial charge in [0.2, 0.25) is 0 Å². The normalized spacial score (nSPS) is 26.9. The summed E-state index contributed by atoms with van der Waals surface area (Å²) in [5, 5.41) is 8.63. The second kappa shape index (κ2) is 6.75. The zero-order chi connectivity index (χ0) is 14.7. The third-order valence-corrected chi connectivity index (χ3v) is 4.88. The Kier molecular flexibility index (Phi) is 5.25. The molecule has 1 aliphatic rings. The van der Waals surface area contributed by atoms with E-state index in [1.807, 2.05) is 0 Å². The van der Waals surface area contributed by atoms with Crippen LogP contribution in [0.3, 0.4) is 0 Å². The Labute approximate surface area is 124 Å². The second-order valence-corrected chi connectivity index (χ2v) is 6.49. The third kappa shape index (κ3) is 3.08. The molecule has 0 aliphatic heterocycles. The van der Waals surface area contributed by atoms with Gasteiger partial charge in [0, 0.05) is 11.7 Å². The largest absolute Gasteiger partial charge is 0.312 e. The minimum atomic E-state index is 0.532. The van der Waals surface area contributed by atoms with Gasteiger partial charge in [-0.3, -0.25) is 4.68 Å². The molecule has 20 heavy (non-hydrogen) atoms. The summed E-state index contributed by atoms with van der Waals surface area (Å²) in [5.41, 5.74) is 4.04. The van der Waals surface area contributed by atoms with Gasteiger partial charge in [-0.25, -0.2) is 0 Å². The molecule has 3 nitrogen and oxygen atoms in total. The van der Waals surface area contributed by atoms with Crippen molar-refractivity contribution in [3.8, 4) is 0 Å². The molecule has 0 saturated heterocycles. The maximum atomic E-state index is 4.87. The first-order valence-electron chi connectivity index (χ1n) is 8.36. The summed E-state index contributed by atoms with van der Waals surface area (Å²) in [5.74, 6) is 0.814. The van der Waals surface area contributed by atoms with E-state index in [9.17, 15) is 0 Å². The summed E-state index contributed by atoms with van der Waals surface area (Å²) in [6, 6.07) is 1.12. The number of aromatic nitrogens is 2. The van der Waals surface area contributed by atoms with Crippen molar-refractivity contribution in [2.24, 2.45) is 5.92 Å². The van der Waals surface area contributed by atoms with Crippen molar-refractivity contribution in [2.45, 2.75) is 78.8 Å². The molecule has 0 aromatic carbocycles. The molecule has 1 heterocycles. The lowest BCUT2D eigenvalue weighted by Gasteiger charge is -2.36. The molecule has 1 aromatic heterocycles. The van der Waals surface area contributed by atoms with E-state index in [1.165, 1.54) is 42.6 Å². The first-order chi connectivity index (χ1) is 9.58. The summed E-state index contributed by atoms with van der Waals surface area (Å²) in [4.78, 5) is 0. The van der Waals surface area contributed by atoms with Crippen molar-refractivity contribution in [1.29, 1.82) is 0 Å². The monoisotopic (exact) mass is 277 g/mol. The SMILES string of the molecule is CCCNC1CCC(C)CC1n1nc(C)c(CC)c1C. The van der Waals surface area contributed by atoms with Crippen LogP contribution in [0.25, 0.3) is 0 Å². The topological polar surface area (TPSA) is 29.9 Å². The van der Waals surface area contributed by atoms with Crippen LogP contribution >= 0.6 is 0 Å². The van der Waals surface area contributed by atoms with Gasteiger partial charge >= 0.3 is 0 Å². The van der Waals surface area contributed by atoms with Crippen molar-refractivity contribution in [3.63, 3.8) is 0 Å². The standard InChI is InChI=1S/C17H31N3/c1-6-10-18-16-9-8-12(3)11-17(16)20-14(5)15(7-2)13(4)19-20/h12,16-18H,6-11H2,1-5H3. The highest BCUT2D eigenvalue weighted by molar-refractivity contribution is 5.25. The highest BCUT2D eigenvalue weighted by Crippen LogP contribution is 2.34. The maximum Gasteiger partial charge on any atom is 0.0677 e. The van der Waals surface area contributed by atoms with E-state index in [2.05, 4.69) is 44.6 Å². The number of aryl methyl sites for hydroxylation is 1. The summed E-state index contributed by atoms with van der Waals surface area (Å²) < 4.78 is 2.33. The minimum Gasteiger partial charge on any atom is -0.312 e. The van der Waals surface area contributed by atoms with Crippen LogP contribution in [0.4, 0.5) is 0 Å². The van der Waals surface area contributed by atoms with Crippen molar-refractivity contribution in [3.05, 3.63) is 17.0 Å². The number of hydrogen-bond donors (Lipinski definition) is 1. The summed E-state index contributed by atoms with van der Waals surface area (Å²) in [7, 11) is 0. The second-order valence-electron chi connectivity index (χ2n) is 6.49. The van der Waals surface area contributed by atoms with E-state index in [4.69, 9.17) is 5.10 Å². The first-order valence-corrected chi connectivity index (χ1v) is 8.36. The van der Waals surface area contributed by atoms with Gasteiger partial charge in [-0.15, -0.1) is 0 Å². The van der Waals surface area contributed by atoms with Crippen molar-refractivity contribution in [2.75, 3.05) is 6.54 Å². The van der Waals surface area contributed by atoms with Gasteiger partial charge in [-0.2, -0.15) is 5.10 Å². The molecule has 1 N–H and O–H groups in total. The van der Waals surface area contributed by atoms with Crippen LogP contribution < -0.4 is 5.32 Å². The summed E-state index contributed by atoms with van der Waals surface area (Å²) >= 11 is 0. The molecular formula is C17H31N3. The predicted octanol–water partition coefficient (Wildman–Crippen LogP) is 3.79. The van der Waals surface area contributed by atoms with Crippen molar-refractivity contribution in [1.82, 2.24) is 15.1 Å². The average Bonchev–Trinajstić information content (AvgIpc) is 2.72. The van der Waals surface area contributed by atoms with Crippen LogP contribution in [-0.4, -0.2) is 22.4 Å². The van der Waals surface area contributed by atoms with E-state index in [0.717, 1.165) is 18.9 Å². The molecular weight excluding hydrogens is 246 g/mol. The minimum absolute atomic E-state index is 0.532. The highest BCUT2D eigenvalue weighted by Gasteiger charge is 2.31. The lowest BCUT2D eigenvalue weighted by molar-refractivity contribution is 0.200. The zero-order valence-corrected chi connectivity index (χ0v) is 13.9. The smallest absolute Gasteiger partial charge is 0.0677 e. The van der Waals surface area contributed by atoms with E-state index in [1.54, 1.807) is 0 Å². The molecule has 0 radical (unpaired) electrons. The molecule has 2 rings (SSSR count). The van der Waals surface area contributed by atoms with Gasteiger partial charge < -0.3 is 5.32 Å². The number of nitrogens with one attached hydrogen (secondary N) is 1. The number of rotatable bonds is 5. The Bertz CT molecular complexity index is 434. The van der Waals surface area contributed by atoms with Gasteiger partial charge in [-0.1, -0.05) is 20.8 Å². The molecule has 1 fully saturated rings. The molecule has 0 spiro atoms.